The highest BCUT2D eigenvalue weighted by molar-refractivity contribution is 5.87. The zero-order valence-electron chi connectivity index (χ0n) is 17.0. The van der Waals surface area contributed by atoms with Gasteiger partial charge in [-0.05, 0) is 54.2 Å². The van der Waals surface area contributed by atoms with Crippen LogP contribution in [-0.2, 0) is 11.2 Å². The molecule has 0 aliphatic carbocycles. The maximum atomic E-state index is 12.8. The molecule has 2 aromatic rings. The molecule has 0 radical (unpaired) electrons. The number of nitrogens with zero attached hydrogens (tertiary/aromatic N) is 1. The molecule has 1 amide bonds. The Hall–Kier alpha value is -2.77. The SMILES string of the molecule is CC#Cc1cccc(-c2ccc3c(c2)N(C)[C@@H](C(C)C)C(=O)N[C@H](CO)C3)c1. The van der Waals surface area contributed by atoms with Gasteiger partial charge in [0, 0.05) is 18.3 Å². The monoisotopic (exact) mass is 376 g/mol. The van der Waals surface area contributed by atoms with Crippen LogP contribution in [0.5, 0.6) is 0 Å². The lowest BCUT2D eigenvalue weighted by atomic mass is 9.93. The van der Waals surface area contributed by atoms with Gasteiger partial charge in [0.25, 0.3) is 0 Å². The van der Waals surface area contributed by atoms with Crippen LogP contribution in [0.4, 0.5) is 5.69 Å². The van der Waals surface area contributed by atoms with Crippen molar-refractivity contribution in [1.29, 1.82) is 0 Å². The van der Waals surface area contributed by atoms with Crippen LogP contribution >= 0.6 is 0 Å². The van der Waals surface area contributed by atoms with Crippen LogP contribution in [0.3, 0.4) is 0 Å². The highest BCUT2D eigenvalue weighted by Crippen LogP contribution is 2.32. The number of amides is 1. The molecule has 0 aromatic heterocycles. The molecule has 0 fully saturated rings. The first-order valence-corrected chi connectivity index (χ1v) is 9.74. The van der Waals surface area contributed by atoms with E-state index in [1.165, 1.54) is 0 Å². The molecule has 1 aliphatic heterocycles. The van der Waals surface area contributed by atoms with Gasteiger partial charge in [-0.15, -0.1) is 5.92 Å². The summed E-state index contributed by atoms with van der Waals surface area (Å²) >= 11 is 0. The minimum Gasteiger partial charge on any atom is -0.394 e. The molecule has 4 nitrogen and oxygen atoms in total. The largest absolute Gasteiger partial charge is 0.394 e. The molecule has 0 bridgehead atoms. The van der Waals surface area contributed by atoms with Crippen molar-refractivity contribution in [2.75, 3.05) is 18.6 Å². The fraction of sp³-hybridized carbons (Fsp3) is 0.375. The van der Waals surface area contributed by atoms with Crippen LogP contribution in [0.1, 0.15) is 31.9 Å². The molecule has 0 saturated carbocycles. The minimum absolute atomic E-state index is 0.0344. The van der Waals surface area contributed by atoms with E-state index in [-0.39, 0.29) is 30.5 Å². The van der Waals surface area contributed by atoms with Crippen molar-refractivity contribution in [3.63, 3.8) is 0 Å². The Bertz CT molecular complexity index is 924. The summed E-state index contributed by atoms with van der Waals surface area (Å²) in [5.74, 6) is 6.16. The van der Waals surface area contributed by atoms with Crippen LogP contribution in [0, 0.1) is 17.8 Å². The Morgan fingerprint density at radius 2 is 1.96 bits per heavy atom. The number of nitrogens with one attached hydrogen (secondary N) is 1. The van der Waals surface area contributed by atoms with Gasteiger partial charge in [0.05, 0.1) is 12.6 Å². The second kappa shape index (κ2) is 8.50. The average molecular weight is 377 g/mol. The molecule has 0 unspecified atom stereocenters. The number of carbonyl (C=O) groups is 1. The number of aliphatic hydroxyl groups is 1. The third-order valence-corrected chi connectivity index (χ3v) is 5.28. The second-order valence-corrected chi connectivity index (χ2v) is 7.69. The molecule has 3 rings (SSSR count). The molecule has 146 valence electrons. The Labute approximate surface area is 167 Å². The number of likely N-dealkylation sites (N-methyl/N-ethyl adjacent to an activating group) is 1. The molecule has 0 saturated heterocycles. The van der Waals surface area contributed by atoms with Crippen LogP contribution in [0.25, 0.3) is 11.1 Å². The van der Waals surface area contributed by atoms with E-state index in [9.17, 15) is 9.90 Å². The predicted molar refractivity (Wildman–Crippen MR) is 114 cm³/mol. The Kier molecular flexibility index (Phi) is 6.06. The molecular formula is C24H28N2O2. The Morgan fingerprint density at radius 3 is 2.64 bits per heavy atom. The lowest BCUT2D eigenvalue weighted by molar-refractivity contribution is -0.124. The lowest BCUT2D eigenvalue weighted by Crippen LogP contribution is -2.54. The number of anilines is 1. The molecule has 1 aliphatic rings. The van der Waals surface area contributed by atoms with Crippen molar-refractivity contribution in [2.24, 2.45) is 5.92 Å². The highest BCUT2D eigenvalue weighted by atomic mass is 16.3. The van der Waals surface area contributed by atoms with Crippen molar-refractivity contribution in [1.82, 2.24) is 5.32 Å². The van der Waals surface area contributed by atoms with Crippen LogP contribution in [0.15, 0.2) is 42.5 Å². The van der Waals surface area contributed by atoms with Crippen molar-refractivity contribution in [3.8, 4) is 23.0 Å². The zero-order valence-corrected chi connectivity index (χ0v) is 17.0. The van der Waals surface area contributed by atoms with E-state index in [0.29, 0.717) is 6.42 Å². The van der Waals surface area contributed by atoms with Gasteiger partial charge in [-0.3, -0.25) is 4.79 Å². The molecule has 2 N–H and O–H groups in total. The number of aliphatic hydroxyl groups excluding tert-OH is 1. The molecule has 4 heteroatoms. The number of fused-ring (bicyclic) bond motifs is 1. The van der Waals surface area contributed by atoms with Gasteiger partial charge < -0.3 is 15.3 Å². The van der Waals surface area contributed by atoms with Gasteiger partial charge in [-0.2, -0.15) is 0 Å². The molecule has 2 atom stereocenters. The first-order chi connectivity index (χ1) is 13.4. The molecule has 0 spiro atoms. The number of benzene rings is 2. The van der Waals surface area contributed by atoms with Crippen molar-refractivity contribution in [2.45, 2.75) is 39.3 Å². The van der Waals surface area contributed by atoms with Gasteiger partial charge in [-0.1, -0.05) is 44.0 Å². The van der Waals surface area contributed by atoms with Gasteiger partial charge in [0.2, 0.25) is 5.91 Å². The van der Waals surface area contributed by atoms with E-state index in [1.54, 1.807) is 0 Å². The first kappa shape index (κ1) is 20.0. The van der Waals surface area contributed by atoms with Crippen LogP contribution < -0.4 is 10.2 Å². The fourth-order valence-corrected chi connectivity index (χ4v) is 3.95. The fourth-order valence-electron chi connectivity index (χ4n) is 3.95. The summed E-state index contributed by atoms with van der Waals surface area (Å²) in [5, 5.41) is 12.7. The molecule has 1 heterocycles. The number of carbonyl (C=O) groups excluding carboxylic acids is 1. The van der Waals surface area contributed by atoms with Gasteiger partial charge >= 0.3 is 0 Å². The number of hydrogen-bond acceptors (Lipinski definition) is 3. The normalized spacial score (nSPS) is 19.2. The summed E-state index contributed by atoms with van der Waals surface area (Å²) in [4.78, 5) is 14.9. The highest BCUT2D eigenvalue weighted by Gasteiger charge is 2.32. The first-order valence-electron chi connectivity index (χ1n) is 9.74. The van der Waals surface area contributed by atoms with Crippen LogP contribution in [-0.4, -0.2) is 36.8 Å². The van der Waals surface area contributed by atoms with Gasteiger partial charge in [-0.25, -0.2) is 0 Å². The van der Waals surface area contributed by atoms with Gasteiger partial charge in [0.1, 0.15) is 6.04 Å². The smallest absolute Gasteiger partial charge is 0.243 e. The standard InChI is InChI=1S/C24H28N2O2/c1-5-7-17-8-6-9-18(12-17)19-10-11-20-13-21(15-27)25-24(28)23(16(2)3)26(4)22(20)14-19/h6,8-12,14,16,21,23,27H,13,15H2,1-4H3,(H,25,28)/t21-,23-/m0/s1. The predicted octanol–water partition coefficient (Wildman–Crippen LogP) is 3.22. The van der Waals surface area contributed by atoms with Crippen molar-refractivity contribution >= 4 is 11.6 Å². The van der Waals surface area contributed by atoms with Crippen molar-refractivity contribution in [3.05, 3.63) is 53.6 Å². The summed E-state index contributed by atoms with van der Waals surface area (Å²) < 4.78 is 0. The third kappa shape index (κ3) is 4.05. The summed E-state index contributed by atoms with van der Waals surface area (Å²) in [6.07, 6.45) is 0.606. The van der Waals surface area contributed by atoms with Crippen LogP contribution in [0.2, 0.25) is 0 Å². The minimum atomic E-state index is -0.291. The Balaban J connectivity index is 2.09. The molecule has 28 heavy (non-hydrogen) atoms. The lowest BCUT2D eigenvalue weighted by Gasteiger charge is -2.37. The summed E-state index contributed by atoms with van der Waals surface area (Å²) in [6, 6.07) is 14.0. The number of hydrogen-bond donors (Lipinski definition) is 2. The third-order valence-electron chi connectivity index (χ3n) is 5.28. The van der Waals surface area contributed by atoms with Crippen molar-refractivity contribution < 1.29 is 9.90 Å². The van der Waals surface area contributed by atoms with E-state index < -0.39 is 0 Å². The second-order valence-electron chi connectivity index (χ2n) is 7.69. The van der Waals surface area contributed by atoms with E-state index in [1.807, 2.05) is 40.0 Å². The van der Waals surface area contributed by atoms with E-state index >= 15 is 0 Å². The maximum absolute atomic E-state index is 12.8. The zero-order chi connectivity index (χ0) is 20.3. The topological polar surface area (TPSA) is 52.6 Å². The van der Waals surface area contributed by atoms with E-state index in [0.717, 1.165) is 27.9 Å². The molecule has 2 aromatic carbocycles. The number of rotatable bonds is 3. The molecular weight excluding hydrogens is 348 g/mol. The summed E-state index contributed by atoms with van der Waals surface area (Å²) in [5.41, 5.74) is 5.34. The Morgan fingerprint density at radius 1 is 1.21 bits per heavy atom. The summed E-state index contributed by atoms with van der Waals surface area (Å²) in [7, 11) is 1.98. The van der Waals surface area contributed by atoms with E-state index in [2.05, 4.69) is 52.4 Å². The van der Waals surface area contributed by atoms with E-state index in [4.69, 9.17) is 0 Å². The quantitative estimate of drug-likeness (QED) is 0.809. The summed E-state index contributed by atoms with van der Waals surface area (Å²) in [6.45, 7) is 5.86. The average Bonchev–Trinajstić information content (AvgIpc) is 2.67. The maximum Gasteiger partial charge on any atom is 0.243 e. The van der Waals surface area contributed by atoms with Gasteiger partial charge in [0.15, 0.2) is 0 Å².